The van der Waals surface area contributed by atoms with Gasteiger partial charge in [-0.25, -0.2) is 4.39 Å². The summed E-state index contributed by atoms with van der Waals surface area (Å²) >= 11 is 1.48. The number of benzene rings is 1. The van der Waals surface area contributed by atoms with E-state index in [4.69, 9.17) is 0 Å². The standard InChI is InChI=1S/C16H17FN4OS/c1-3-4-13-8-14(22)18-15-19-20-16(21(13)15)23-9-11-7-12(17)6-5-10(11)2/h5-8H,3-4,9H2,1-2H3,(H,18,19,22). The predicted octanol–water partition coefficient (Wildman–Crippen LogP) is 3.11. The second-order valence-electron chi connectivity index (χ2n) is 5.38. The van der Waals surface area contributed by atoms with Gasteiger partial charge in [0.05, 0.1) is 0 Å². The highest BCUT2D eigenvalue weighted by molar-refractivity contribution is 7.98. The molecule has 0 aliphatic carbocycles. The van der Waals surface area contributed by atoms with Crippen molar-refractivity contribution in [3.63, 3.8) is 0 Å². The molecule has 0 saturated carbocycles. The topological polar surface area (TPSA) is 63.0 Å². The molecule has 0 fully saturated rings. The fourth-order valence-electron chi connectivity index (χ4n) is 2.44. The molecule has 1 aromatic carbocycles. The molecule has 0 atom stereocenters. The molecule has 23 heavy (non-hydrogen) atoms. The zero-order chi connectivity index (χ0) is 16.4. The van der Waals surface area contributed by atoms with Crippen molar-refractivity contribution in [2.24, 2.45) is 0 Å². The Morgan fingerprint density at radius 1 is 1.30 bits per heavy atom. The largest absolute Gasteiger partial charge is 0.291 e. The third-order valence-corrected chi connectivity index (χ3v) is 4.61. The average molecular weight is 332 g/mol. The van der Waals surface area contributed by atoms with Crippen molar-refractivity contribution in [1.29, 1.82) is 0 Å². The summed E-state index contributed by atoms with van der Waals surface area (Å²) in [4.78, 5) is 14.4. The lowest BCUT2D eigenvalue weighted by Crippen LogP contribution is -2.11. The highest BCUT2D eigenvalue weighted by atomic mass is 32.2. The number of halogens is 1. The molecule has 0 bridgehead atoms. The lowest BCUT2D eigenvalue weighted by molar-refractivity contribution is 0.626. The Morgan fingerprint density at radius 3 is 2.91 bits per heavy atom. The number of nitrogens with one attached hydrogen (secondary N) is 1. The molecule has 0 aliphatic rings. The second-order valence-corrected chi connectivity index (χ2v) is 6.32. The van der Waals surface area contributed by atoms with Crippen molar-refractivity contribution in [2.75, 3.05) is 0 Å². The van der Waals surface area contributed by atoms with Gasteiger partial charge in [-0.1, -0.05) is 31.2 Å². The Bertz CT molecular complexity index is 903. The molecule has 0 spiro atoms. The molecule has 3 aromatic rings. The molecule has 2 heterocycles. The van der Waals surface area contributed by atoms with E-state index in [-0.39, 0.29) is 11.4 Å². The zero-order valence-electron chi connectivity index (χ0n) is 13.0. The molecule has 7 heteroatoms. The predicted molar refractivity (Wildman–Crippen MR) is 88.3 cm³/mol. The number of aromatic nitrogens is 4. The number of fused-ring (bicyclic) bond motifs is 1. The number of rotatable bonds is 5. The van der Waals surface area contributed by atoms with E-state index in [2.05, 4.69) is 22.1 Å². The molecule has 2 aromatic heterocycles. The Labute approximate surface area is 137 Å². The molecule has 3 rings (SSSR count). The van der Waals surface area contributed by atoms with Crippen LogP contribution in [0.3, 0.4) is 0 Å². The quantitative estimate of drug-likeness (QED) is 0.729. The van der Waals surface area contributed by atoms with E-state index in [0.29, 0.717) is 16.7 Å². The normalized spacial score (nSPS) is 11.3. The first kappa shape index (κ1) is 15.7. The van der Waals surface area contributed by atoms with Gasteiger partial charge in [0, 0.05) is 17.5 Å². The number of hydrogen-bond donors (Lipinski definition) is 1. The third-order valence-electron chi connectivity index (χ3n) is 3.63. The van der Waals surface area contributed by atoms with Crippen LogP contribution < -0.4 is 5.56 Å². The maximum absolute atomic E-state index is 13.4. The molecule has 120 valence electrons. The van der Waals surface area contributed by atoms with Gasteiger partial charge in [0.25, 0.3) is 5.56 Å². The van der Waals surface area contributed by atoms with Crippen LogP contribution in [0.1, 0.15) is 30.2 Å². The molecule has 1 N–H and O–H groups in total. The fraction of sp³-hybridized carbons (Fsp3) is 0.312. The van der Waals surface area contributed by atoms with E-state index in [0.717, 1.165) is 29.7 Å². The van der Waals surface area contributed by atoms with Gasteiger partial charge < -0.3 is 0 Å². The van der Waals surface area contributed by atoms with E-state index in [1.54, 1.807) is 18.2 Å². The van der Waals surface area contributed by atoms with Crippen molar-refractivity contribution in [1.82, 2.24) is 19.6 Å². The van der Waals surface area contributed by atoms with Gasteiger partial charge in [-0.2, -0.15) is 0 Å². The highest BCUT2D eigenvalue weighted by Gasteiger charge is 2.12. The Balaban J connectivity index is 1.94. The average Bonchev–Trinajstić information content (AvgIpc) is 2.91. The summed E-state index contributed by atoms with van der Waals surface area (Å²) in [5.74, 6) is 0.794. The van der Waals surface area contributed by atoms with Gasteiger partial charge in [-0.05, 0) is 36.6 Å². The van der Waals surface area contributed by atoms with Crippen LogP contribution in [0.25, 0.3) is 5.78 Å². The smallest absolute Gasteiger partial charge is 0.252 e. The van der Waals surface area contributed by atoms with Crippen molar-refractivity contribution in [2.45, 2.75) is 37.6 Å². The Morgan fingerprint density at radius 2 is 2.13 bits per heavy atom. The molecule has 5 nitrogen and oxygen atoms in total. The zero-order valence-corrected chi connectivity index (χ0v) is 13.8. The van der Waals surface area contributed by atoms with E-state index in [1.807, 2.05) is 11.3 Å². The molecule has 0 unspecified atom stereocenters. The Hall–Kier alpha value is -2.15. The second kappa shape index (κ2) is 6.54. The fourth-order valence-corrected chi connectivity index (χ4v) is 3.47. The minimum atomic E-state index is -0.242. The summed E-state index contributed by atoms with van der Waals surface area (Å²) in [6.45, 7) is 4.01. The molecule has 0 radical (unpaired) electrons. The third kappa shape index (κ3) is 3.29. The van der Waals surface area contributed by atoms with E-state index in [9.17, 15) is 9.18 Å². The summed E-state index contributed by atoms with van der Waals surface area (Å²) in [5, 5.41) is 8.89. The number of aryl methyl sites for hydroxylation is 2. The summed E-state index contributed by atoms with van der Waals surface area (Å²) in [7, 11) is 0. The van der Waals surface area contributed by atoms with E-state index >= 15 is 0 Å². The number of nitrogens with zero attached hydrogens (tertiary/aromatic N) is 3. The molecule has 0 aliphatic heterocycles. The monoisotopic (exact) mass is 332 g/mol. The van der Waals surface area contributed by atoms with Crippen LogP contribution in [-0.4, -0.2) is 19.6 Å². The lowest BCUT2D eigenvalue weighted by Gasteiger charge is -2.07. The summed E-state index contributed by atoms with van der Waals surface area (Å²) in [6, 6.07) is 6.35. The summed E-state index contributed by atoms with van der Waals surface area (Å²) < 4.78 is 15.3. The molecule has 0 saturated heterocycles. The first-order valence-corrected chi connectivity index (χ1v) is 8.42. The maximum atomic E-state index is 13.4. The number of H-pyrrole nitrogens is 1. The van der Waals surface area contributed by atoms with Crippen molar-refractivity contribution < 1.29 is 4.39 Å². The van der Waals surface area contributed by atoms with Crippen LogP contribution in [0.2, 0.25) is 0 Å². The van der Waals surface area contributed by atoms with Crippen LogP contribution in [0, 0.1) is 12.7 Å². The SMILES string of the molecule is CCCc1cc(=O)[nH]c2nnc(SCc3cc(F)ccc3C)n12. The number of aromatic amines is 1. The number of thioether (sulfide) groups is 1. The van der Waals surface area contributed by atoms with E-state index in [1.165, 1.54) is 17.8 Å². The van der Waals surface area contributed by atoms with Gasteiger partial charge in [-0.15, -0.1) is 10.2 Å². The van der Waals surface area contributed by atoms with Gasteiger partial charge in [0.1, 0.15) is 5.82 Å². The maximum Gasteiger partial charge on any atom is 0.252 e. The lowest BCUT2D eigenvalue weighted by atomic mass is 10.1. The van der Waals surface area contributed by atoms with Crippen LogP contribution in [0.15, 0.2) is 34.2 Å². The van der Waals surface area contributed by atoms with Crippen LogP contribution in [-0.2, 0) is 12.2 Å². The van der Waals surface area contributed by atoms with Gasteiger partial charge in [0.2, 0.25) is 5.78 Å². The van der Waals surface area contributed by atoms with Crippen molar-refractivity contribution in [3.8, 4) is 0 Å². The first-order valence-electron chi connectivity index (χ1n) is 7.43. The molecule has 0 amide bonds. The van der Waals surface area contributed by atoms with Crippen LogP contribution >= 0.6 is 11.8 Å². The minimum Gasteiger partial charge on any atom is -0.291 e. The van der Waals surface area contributed by atoms with Crippen LogP contribution in [0.4, 0.5) is 4.39 Å². The minimum absolute atomic E-state index is 0.175. The highest BCUT2D eigenvalue weighted by Crippen LogP contribution is 2.24. The van der Waals surface area contributed by atoms with E-state index < -0.39 is 0 Å². The van der Waals surface area contributed by atoms with Gasteiger partial charge in [-0.3, -0.25) is 14.2 Å². The van der Waals surface area contributed by atoms with Gasteiger partial charge in [0.15, 0.2) is 5.16 Å². The molecular formula is C16H17FN4OS. The molecular weight excluding hydrogens is 315 g/mol. The van der Waals surface area contributed by atoms with Gasteiger partial charge >= 0.3 is 0 Å². The Kier molecular flexibility index (Phi) is 4.47. The summed E-state index contributed by atoms with van der Waals surface area (Å²) in [6.07, 6.45) is 1.69. The van der Waals surface area contributed by atoms with Crippen molar-refractivity contribution in [3.05, 3.63) is 57.3 Å². The first-order chi connectivity index (χ1) is 11.1. The summed E-state index contributed by atoms with van der Waals surface area (Å²) in [5.41, 5.74) is 2.67. The number of hydrogen-bond acceptors (Lipinski definition) is 4. The van der Waals surface area contributed by atoms with Crippen molar-refractivity contribution >= 4 is 17.5 Å². The van der Waals surface area contributed by atoms with Crippen LogP contribution in [0.5, 0.6) is 0 Å².